The van der Waals surface area contributed by atoms with Crippen molar-refractivity contribution in [3.05, 3.63) is 35.9 Å². The van der Waals surface area contributed by atoms with Crippen LogP contribution in [0.1, 0.15) is 38.2 Å². The lowest BCUT2D eigenvalue weighted by Crippen LogP contribution is -2.07. The number of esters is 1. The summed E-state index contributed by atoms with van der Waals surface area (Å²) in [5.74, 6) is -0.852. The normalized spacial score (nSPS) is 10.5. The number of benzene rings is 1. The summed E-state index contributed by atoms with van der Waals surface area (Å²) in [4.78, 5) is 32.7. The van der Waals surface area contributed by atoms with E-state index >= 15 is 0 Å². The van der Waals surface area contributed by atoms with Crippen LogP contribution in [0.15, 0.2) is 30.3 Å². The van der Waals surface area contributed by atoms with Crippen molar-refractivity contribution in [2.45, 2.75) is 32.6 Å². The minimum absolute atomic E-state index is 0.0353. The lowest BCUT2D eigenvalue weighted by molar-refractivity contribution is -0.138. The number of carbonyl (C=O) groups is 3. The molecule has 0 aliphatic rings. The van der Waals surface area contributed by atoms with E-state index in [2.05, 4.69) is 0 Å². The first-order valence-electron chi connectivity index (χ1n) is 6.68. The topological polar surface area (TPSA) is 80.7 Å². The highest BCUT2D eigenvalue weighted by Crippen LogP contribution is 2.14. The van der Waals surface area contributed by atoms with Crippen molar-refractivity contribution in [3.8, 4) is 5.75 Å². The molecule has 1 aromatic carbocycles. The van der Waals surface area contributed by atoms with E-state index in [0.717, 1.165) is 5.56 Å². The second kappa shape index (κ2) is 8.68. The average molecular weight is 290 g/mol. The van der Waals surface area contributed by atoms with Crippen LogP contribution in [-0.4, -0.2) is 22.8 Å². The molecule has 0 spiro atoms. The number of carboxylic acid groups (broad SMARTS) is 1. The zero-order chi connectivity index (χ0) is 15.7. The van der Waals surface area contributed by atoms with Gasteiger partial charge in [-0.25, -0.2) is 0 Å². The highest BCUT2D eigenvalue weighted by atomic mass is 16.5. The summed E-state index contributed by atoms with van der Waals surface area (Å²) in [6.07, 6.45) is 4.34. The maximum absolute atomic E-state index is 11.5. The van der Waals surface area contributed by atoms with Crippen LogP contribution in [0.25, 0.3) is 6.08 Å². The second-order valence-corrected chi connectivity index (χ2v) is 4.59. The average Bonchev–Trinajstić information content (AvgIpc) is 2.42. The predicted molar refractivity (Wildman–Crippen MR) is 77.9 cm³/mol. The van der Waals surface area contributed by atoms with Crippen molar-refractivity contribution in [1.82, 2.24) is 0 Å². The molecule has 5 heteroatoms. The van der Waals surface area contributed by atoms with Gasteiger partial charge >= 0.3 is 11.9 Å². The molecule has 0 aliphatic heterocycles. The fourth-order valence-electron chi connectivity index (χ4n) is 1.59. The lowest BCUT2D eigenvalue weighted by Gasteiger charge is -2.04. The Bertz CT molecular complexity index is 528. The van der Waals surface area contributed by atoms with E-state index in [1.165, 1.54) is 13.0 Å². The Balaban J connectivity index is 2.39. The van der Waals surface area contributed by atoms with Crippen LogP contribution >= 0.6 is 0 Å². The third-order valence-electron chi connectivity index (χ3n) is 2.64. The van der Waals surface area contributed by atoms with Crippen LogP contribution in [0, 0.1) is 0 Å². The van der Waals surface area contributed by atoms with Gasteiger partial charge in [0.25, 0.3) is 0 Å². The summed E-state index contributed by atoms with van der Waals surface area (Å²) in [6.45, 7) is 1.47. The number of hydrogen-bond acceptors (Lipinski definition) is 4. The first-order valence-corrected chi connectivity index (χ1v) is 6.68. The smallest absolute Gasteiger partial charge is 0.311 e. The molecule has 0 aromatic heterocycles. The lowest BCUT2D eigenvalue weighted by atomic mass is 10.2. The van der Waals surface area contributed by atoms with Crippen LogP contribution in [0.4, 0.5) is 0 Å². The van der Waals surface area contributed by atoms with Gasteiger partial charge in [0.05, 0.1) is 0 Å². The Morgan fingerprint density at radius 1 is 1.10 bits per heavy atom. The van der Waals surface area contributed by atoms with E-state index < -0.39 is 5.97 Å². The Morgan fingerprint density at radius 3 is 2.29 bits per heavy atom. The molecule has 1 aromatic rings. The summed E-state index contributed by atoms with van der Waals surface area (Å²) < 4.78 is 5.12. The van der Waals surface area contributed by atoms with E-state index in [0.29, 0.717) is 18.6 Å². The van der Waals surface area contributed by atoms with E-state index in [4.69, 9.17) is 9.84 Å². The molecule has 1 rings (SSSR count). The minimum atomic E-state index is -0.863. The number of unbranched alkanes of at least 4 members (excludes halogenated alkanes) is 1. The zero-order valence-corrected chi connectivity index (χ0v) is 11.9. The molecule has 0 unspecified atom stereocenters. The van der Waals surface area contributed by atoms with Gasteiger partial charge in [-0.15, -0.1) is 0 Å². The molecule has 21 heavy (non-hydrogen) atoms. The number of hydrogen-bond donors (Lipinski definition) is 1. The highest BCUT2D eigenvalue weighted by molar-refractivity contribution is 5.91. The Labute approximate surface area is 123 Å². The monoisotopic (exact) mass is 290 g/mol. The van der Waals surface area contributed by atoms with E-state index in [1.54, 1.807) is 30.3 Å². The number of ether oxygens (including phenoxy) is 1. The molecular weight excluding hydrogens is 272 g/mol. The third-order valence-corrected chi connectivity index (χ3v) is 2.64. The van der Waals surface area contributed by atoms with Gasteiger partial charge in [-0.3, -0.25) is 14.4 Å². The molecule has 112 valence electrons. The molecule has 0 radical (unpaired) electrons. The number of rotatable bonds is 8. The van der Waals surface area contributed by atoms with Gasteiger partial charge in [0.1, 0.15) is 5.75 Å². The first kappa shape index (κ1) is 16.6. The molecule has 0 fully saturated rings. The van der Waals surface area contributed by atoms with Crippen LogP contribution in [0.2, 0.25) is 0 Å². The van der Waals surface area contributed by atoms with Crippen molar-refractivity contribution in [2.24, 2.45) is 0 Å². The SMILES string of the molecule is CC(=O)/C=C/c1ccc(OC(=O)CCCCC(=O)O)cc1. The number of allylic oxidation sites excluding steroid dienone is 1. The summed E-state index contributed by atoms with van der Waals surface area (Å²) in [5, 5.41) is 8.48. The summed E-state index contributed by atoms with van der Waals surface area (Å²) in [7, 11) is 0. The van der Waals surface area contributed by atoms with Gasteiger partial charge < -0.3 is 9.84 Å². The highest BCUT2D eigenvalue weighted by Gasteiger charge is 2.05. The van der Waals surface area contributed by atoms with E-state index in [1.807, 2.05) is 0 Å². The second-order valence-electron chi connectivity index (χ2n) is 4.59. The van der Waals surface area contributed by atoms with Gasteiger partial charge in [0.15, 0.2) is 5.78 Å². The molecule has 0 bridgehead atoms. The predicted octanol–water partition coefficient (Wildman–Crippen LogP) is 2.84. The van der Waals surface area contributed by atoms with Gasteiger partial charge in [-0.2, -0.15) is 0 Å². The Morgan fingerprint density at radius 2 is 1.71 bits per heavy atom. The molecule has 0 atom stereocenters. The number of aliphatic carboxylic acids is 1. The van der Waals surface area contributed by atoms with Gasteiger partial charge in [-0.1, -0.05) is 18.2 Å². The van der Waals surface area contributed by atoms with Crippen molar-refractivity contribution in [2.75, 3.05) is 0 Å². The summed E-state index contributed by atoms with van der Waals surface area (Å²) >= 11 is 0. The first-order chi connectivity index (χ1) is 9.97. The third kappa shape index (κ3) is 7.67. The zero-order valence-electron chi connectivity index (χ0n) is 11.9. The molecule has 0 amide bonds. The van der Waals surface area contributed by atoms with Gasteiger partial charge in [-0.05, 0) is 43.5 Å². The molecule has 0 aliphatic carbocycles. The van der Waals surface area contributed by atoms with Crippen molar-refractivity contribution in [1.29, 1.82) is 0 Å². The minimum Gasteiger partial charge on any atom is -0.481 e. The standard InChI is InChI=1S/C16H18O5/c1-12(17)6-7-13-8-10-14(11-9-13)21-16(20)5-3-2-4-15(18)19/h6-11H,2-5H2,1H3,(H,18,19)/b7-6+. The van der Waals surface area contributed by atoms with Crippen LogP contribution in [0.3, 0.4) is 0 Å². The summed E-state index contributed by atoms with van der Waals surface area (Å²) in [6, 6.07) is 6.78. The largest absolute Gasteiger partial charge is 0.481 e. The van der Waals surface area contributed by atoms with Crippen LogP contribution in [-0.2, 0) is 14.4 Å². The molecule has 1 N–H and O–H groups in total. The molecule has 0 heterocycles. The number of ketones is 1. The van der Waals surface area contributed by atoms with Gasteiger partial charge in [0.2, 0.25) is 0 Å². The van der Waals surface area contributed by atoms with E-state index in [-0.39, 0.29) is 24.6 Å². The Kier molecular flexibility index (Phi) is 6.87. The molecule has 0 saturated carbocycles. The molecule has 0 saturated heterocycles. The van der Waals surface area contributed by atoms with Crippen molar-refractivity contribution < 1.29 is 24.2 Å². The number of carbonyl (C=O) groups excluding carboxylic acids is 2. The van der Waals surface area contributed by atoms with E-state index in [9.17, 15) is 14.4 Å². The fourth-order valence-corrected chi connectivity index (χ4v) is 1.59. The summed E-state index contributed by atoms with van der Waals surface area (Å²) in [5.41, 5.74) is 0.839. The maximum Gasteiger partial charge on any atom is 0.311 e. The Hall–Kier alpha value is -2.43. The van der Waals surface area contributed by atoms with Gasteiger partial charge in [0, 0.05) is 12.8 Å². The van der Waals surface area contributed by atoms with Crippen molar-refractivity contribution >= 4 is 23.8 Å². The van der Waals surface area contributed by atoms with Crippen LogP contribution < -0.4 is 4.74 Å². The van der Waals surface area contributed by atoms with Crippen molar-refractivity contribution in [3.63, 3.8) is 0 Å². The fraction of sp³-hybridized carbons (Fsp3) is 0.312. The maximum atomic E-state index is 11.5. The quantitative estimate of drug-likeness (QED) is 0.344. The molecule has 5 nitrogen and oxygen atoms in total. The molecular formula is C16H18O5. The van der Waals surface area contributed by atoms with Crippen LogP contribution in [0.5, 0.6) is 5.75 Å². The number of carboxylic acids is 1.